The van der Waals surface area contributed by atoms with E-state index in [-0.39, 0.29) is 6.10 Å². The molecule has 15 heavy (non-hydrogen) atoms. The van der Waals surface area contributed by atoms with Gasteiger partial charge in [-0.1, -0.05) is 37.3 Å². The second kappa shape index (κ2) is 4.35. The highest BCUT2D eigenvalue weighted by atomic mass is 16.5. The summed E-state index contributed by atoms with van der Waals surface area (Å²) in [4.78, 5) is 0. The molecule has 0 heterocycles. The van der Waals surface area contributed by atoms with Crippen molar-refractivity contribution in [2.24, 2.45) is 0 Å². The molecule has 2 aromatic rings. The van der Waals surface area contributed by atoms with Crippen molar-refractivity contribution in [3.8, 4) is 5.75 Å². The van der Waals surface area contributed by atoms with Gasteiger partial charge in [-0.3, -0.25) is 0 Å². The Balaban J connectivity index is 2.42. The molecule has 77 valence electrons. The van der Waals surface area contributed by atoms with E-state index >= 15 is 0 Å². The van der Waals surface area contributed by atoms with Gasteiger partial charge in [0, 0.05) is 5.39 Å². The number of rotatable bonds is 3. The van der Waals surface area contributed by atoms with Crippen LogP contribution in [0.5, 0.6) is 5.75 Å². The summed E-state index contributed by atoms with van der Waals surface area (Å²) in [5.74, 6) is 0.957. The minimum Gasteiger partial charge on any atom is -0.490 e. The maximum absolute atomic E-state index is 5.86. The number of ether oxygens (including phenoxy) is 1. The quantitative estimate of drug-likeness (QED) is 0.730. The van der Waals surface area contributed by atoms with E-state index < -0.39 is 0 Å². The molecule has 0 saturated heterocycles. The lowest BCUT2D eigenvalue weighted by atomic mass is 10.1. The van der Waals surface area contributed by atoms with Crippen molar-refractivity contribution in [1.29, 1.82) is 0 Å². The lowest BCUT2D eigenvalue weighted by Gasteiger charge is -2.14. The lowest BCUT2D eigenvalue weighted by molar-refractivity contribution is 0.220. The summed E-state index contributed by atoms with van der Waals surface area (Å²) in [6.07, 6.45) is 1.28. The summed E-state index contributed by atoms with van der Waals surface area (Å²) >= 11 is 0. The van der Waals surface area contributed by atoms with Crippen LogP contribution >= 0.6 is 0 Å². The first kappa shape index (κ1) is 10.0. The summed E-state index contributed by atoms with van der Waals surface area (Å²) in [7, 11) is 0. The molecule has 1 atom stereocenters. The summed E-state index contributed by atoms with van der Waals surface area (Å²) in [5, 5.41) is 2.25. The van der Waals surface area contributed by atoms with Crippen LogP contribution < -0.4 is 4.74 Å². The molecule has 1 heteroatoms. The fourth-order valence-corrected chi connectivity index (χ4v) is 1.52. The third-order valence-corrected chi connectivity index (χ3v) is 2.57. The molecular formula is C14H15O. The minimum atomic E-state index is 0.260. The average Bonchev–Trinajstić information content (AvgIpc) is 2.29. The van der Waals surface area contributed by atoms with Crippen LogP contribution in [0.1, 0.15) is 20.3 Å². The first-order valence-corrected chi connectivity index (χ1v) is 5.37. The standard InChI is InChI=1S/C14H15O/c1-3-11(2)15-14-10-6-8-12-7-4-5-9-13(12)14/h4-7,9-11H,3H2,1-2H3. The van der Waals surface area contributed by atoms with Gasteiger partial charge in [0.2, 0.25) is 0 Å². The van der Waals surface area contributed by atoms with Crippen LogP contribution in [0, 0.1) is 6.07 Å². The third kappa shape index (κ3) is 2.12. The number of hydrogen-bond acceptors (Lipinski definition) is 1. The third-order valence-electron chi connectivity index (χ3n) is 2.57. The summed E-state index contributed by atoms with van der Waals surface area (Å²) in [6, 6.07) is 15.3. The highest BCUT2D eigenvalue weighted by Crippen LogP contribution is 2.25. The molecule has 2 rings (SSSR count). The van der Waals surface area contributed by atoms with Crippen LogP contribution in [0.4, 0.5) is 0 Å². The molecule has 0 aliphatic heterocycles. The molecule has 0 N–H and O–H groups in total. The number of benzene rings is 2. The Morgan fingerprint density at radius 3 is 2.87 bits per heavy atom. The largest absolute Gasteiger partial charge is 0.490 e. The van der Waals surface area contributed by atoms with Gasteiger partial charge in [0.25, 0.3) is 0 Å². The van der Waals surface area contributed by atoms with E-state index in [0.29, 0.717) is 0 Å². The summed E-state index contributed by atoms with van der Waals surface area (Å²) in [5.41, 5.74) is 0. The molecule has 0 bridgehead atoms. The zero-order valence-corrected chi connectivity index (χ0v) is 9.16. The van der Waals surface area contributed by atoms with Crippen molar-refractivity contribution in [3.05, 3.63) is 42.5 Å². The molecule has 1 unspecified atom stereocenters. The van der Waals surface area contributed by atoms with Crippen molar-refractivity contribution < 1.29 is 4.74 Å². The Kier molecular flexibility index (Phi) is 2.91. The van der Waals surface area contributed by atoms with Gasteiger partial charge in [0.1, 0.15) is 5.75 Å². The van der Waals surface area contributed by atoms with Crippen LogP contribution in [0.15, 0.2) is 36.4 Å². The van der Waals surface area contributed by atoms with Gasteiger partial charge in [-0.15, -0.1) is 0 Å². The molecular weight excluding hydrogens is 184 g/mol. The van der Waals surface area contributed by atoms with Gasteiger partial charge in [-0.25, -0.2) is 0 Å². The zero-order valence-electron chi connectivity index (χ0n) is 9.16. The Morgan fingerprint density at radius 1 is 1.27 bits per heavy atom. The predicted molar refractivity (Wildman–Crippen MR) is 63.2 cm³/mol. The van der Waals surface area contributed by atoms with E-state index in [0.717, 1.165) is 22.9 Å². The van der Waals surface area contributed by atoms with Gasteiger partial charge in [-0.05, 0) is 30.9 Å². The second-order valence-electron chi connectivity index (χ2n) is 3.72. The van der Waals surface area contributed by atoms with Gasteiger partial charge < -0.3 is 4.74 Å². The normalized spacial score (nSPS) is 12.7. The molecule has 0 amide bonds. The van der Waals surface area contributed by atoms with E-state index in [1.54, 1.807) is 0 Å². The molecule has 0 aromatic heterocycles. The SMILES string of the molecule is CCC(C)Oc1cc[c]c2ccccc12. The smallest absolute Gasteiger partial charge is 0.127 e. The Morgan fingerprint density at radius 2 is 2.07 bits per heavy atom. The lowest BCUT2D eigenvalue weighted by Crippen LogP contribution is -2.09. The molecule has 0 fully saturated rings. The summed E-state index contributed by atoms with van der Waals surface area (Å²) in [6.45, 7) is 4.22. The van der Waals surface area contributed by atoms with Crippen LogP contribution in [0.3, 0.4) is 0 Å². The number of hydrogen-bond donors (Lipinski definition) is 0. The summed E-state index contributed by atoms with van der Waals surface area (Å²) < 4.78 is 5.86. The van der Waals surface area contributed by atoms with Gasteiger partial charge in [-0.2, -0.15) is 0 Å². The van der Waals surface area contributed by atoms with Crippen LogP contribution in [-0.4, -0.2) is 6.10 Å². The van der Waals surface area contributed by atoms with Crippen LogP contribution in [-0.2, 0) is 0 Å². The molecule has 0 spiro atoms. The van der Waals surface area contributed by atoms with E-state index in [1.807, 2.05) is 24.3 Å². The highest BCUT2D eigenvalue weighted by Gasteiger charge is 2.04. The van der Waals surface area contributed by atoms with Crippen LogP contribution in [0.2, 0.25) is 0 Å². The first-order valence-electron chi connectivity index (χ1n) is 5.37. The highest BCUT2D eigenvalue weighted by molar-refractivity contribution is 5.87. The fraction of sp³-hybridized carbons (Fsp3) is 0.286. The topological polar surface area (TPSA) is 9.23 Å². The molecule has 1 radical (unpaired) electrons. The maximum atomic E-state index is 5.86. The Bertz CT molecular complexity index is 443. The Labute approximate surface area is 90.7 Å². The second-order valence-corrected chi connectivity index (χ2v) is 3.72. The van der Waals surface area contributed by atoms with E-state index in [4.69, 9.17) is 4.74 Å². The van der Waals surface area contributed by atoms with E-state index in [1.165, 1.54) is 0 Å². The van der Waals surface area contributed by atoms with Crippen molar-refractivity contribution in [2.75, 3.05) is 0 Å². The fourth-order valence-electron chi connectivity index (χ4n) is 1.52. The Hall–Kier alpha value is -1.50. The predicted octanol–water partition coefficient (Wildman–Crippen LogP) is 3.82. The van der Waals surface area contributed by atoms with E-state index in [2.05, 4.69) is 32.0 Å². The minimum absolute atomic E-state index is 0.260. The zero-order chi connectivity index (χ0) is 10.7. The van der Waals surface area contributed by atoms with Gasteiger partial charge in [0.05, 0.1) is 6.10 Å². The average molecular weight is 199 g/mol. The number of fused-ring (bicyclic) bond motifs is 1. The maximum Gasteiger partial charge on any atom is 0.127 e. The van der Waals surface area contributed by atoms with Crippen molar-refractivity contribution in [1.82, 2.24) is 0 Å². The first-order chi connectivity index (χ1) is 7.31. The van der Waals surface area contributed by atoms with Gasteiger partial charge >= 0.3 is 0 Å². The molecule has 1 nitrogen and oxygen atoms in total. The van der Waals surface area contributed by atoms with Crippen molar-refractivity contribution in [2.45, 2.75) is 26.4 Å². The van der Waals surface area contributed by atoms with Crippen LogP contribution in [0.25, 0.3) is 10.8 Å². The molecule has 0 aliphatic carbocycles. The van der Waals surface area contributed by atoms with Crippen molar-refractivity contribution in [3.63, 3.8) is 0 Å². The molecule has 2 aromatic carbocycles. The van der Waals surface area contributed by atoms with Crippen molar-refractivity contribution >= 4 is 10.8 Å². The monoisotopic (exact) mass is 199 g/mol. The molecule has 0 aliphatic rings. The van der Waals surface area contributed by atoms with Gasteiger partial charge in [0.15, 0.2) is 0 Å². The van der Waals surface area contributed by atoms with E-state index in [9.17, 15) is 0 Å². The molecule has 0 saturated carbocycles.